The molecule has 0 spiro atoms. The summed E-state index contributed by atoms with van der Waals surface area (Å²) in [4.78, 5) is 12.3. The van der Waals surface area contributed by atoms with Gasteiger partial charge in [0.1, 0.15) is 5.58 Å². The molecule has 0 atom stereocenters. The Morgan fingerprint density at radius 2 is 1.90 bits per heavy atom. The number of carbonyl (C=O) groups is 1. The molecule has 2 aromatic carbocycles. The Morgan fingerprint density at radius 3 is 2.67 bits per heavy atom. The second-order valence-electron chi connectivity index (χ2n) is 6.34. The van der Waals surface area contributed by atoms with E-state index in [4.69, 9.17) is 27.6 Å². The van der Waals surface area contributed by atoms with E-state index in [1.54, 1.807) is 36.4 Å². The number of halogens is 2. The highest BCUT2D eigenvalue weighted by Gasteiger charge is 2.18. The van der Waals surface area contributed by atoms with Crippen LogP contribution in [-0.2, 0) is 11.3 Å². The molecule has 2 heterocycles. The SMILES string of the molecule is C=CCn1c(SCC(=O)Nc2ccc(Cl)cc2)nnc1-c1cc2cc(Cl)ccc2o1. The van der Waals surface area contributed by atoms with Crippen LogP contribution in [0.15, 0.2) is 70.8 Å². The summed E-state index contributed by atoms with van der Waals surface area (Å²) in [6, 6.07) is 14.2. The Hall–Kier alpha value is -2.74. The fourth-order valence-electron chi connectivity index (χ4n) is 2.86. The molecule has 0 aliphatic heterocycles. The Morgan fingerprint density at radius 1 is 1.13 bits per heavy atom. The number of benzene rings is 2. The van der Waals surface area contributed by atoms with Gasteiger partial charge in [0, 0.05) is 27.7 Å². The summed E-state index contributed by atoms with van der Waals surface area (Å²) < 4.78 is 7.76. The fraction of sp³-hybridized carbons (Fsp3) is 0.0952. The van der Waals surface area contributed by atoms with Gasteiger partial charge >= 0.3 is 0 Å². The van der Waals surface area contributed by atoms with Crippen LogP contribution in [0.3, 0.4) is 0 Å². The van der Waals surface area contributed by atoms with Gasteiger partial charge in [-0.15, -0.1) is 16.8 Å². The lowest BCUT2D eigenvalue weighted by Crippen LogP contribution is -2.14. The monoisotopic (exact) mass is 458 g/mol. The molecule has 0 saturated carbocycles. The molecule has 0 aliphatic rings. The summed E-state index contributed by atoms with van der Waals surface area (Å²) in [5, 5.41) is 14.0. The van der Waals surface area contributed by atoms with Crippen LogP contribution in [0.25, 0.3) is 22.6 Å². The van der Waals surface area contributed by atoms with Crippen molar-refractivity contribution < 1.29 is 9.21 Å². The van der Waals surface area contributed by atoms with Gasteiger partial charge in [0.25, 0.3) is 0 Å². The minimum atomic E-state index is -0.157. The van der Waals surface area contributed by atoms with Gasteiger partial charge in [-0.25, -0.2) is 0 Å². The summed E-state index contributed by atoms with van der Waals surface area (Å²) in [5.41, 5.74) is 1.39. The number of aromatic nitrogens is 3. The average Bonchev–Trinajstić information content (AvgIpc) is 3.32. The van der Waals surface area contributed by atoms with Crippen LogP contribution in [0, 0.1) is 0 Å². The largest absolute Gasteiger partial charge is 0.453 e. The number of rotatable bonds is 7. The second kappa shape index (κ2) is 8.95. The molecule has 2 aromatic heterocycles. The number of amides is 1. The first-order valence-corrected chi connectivity index (χ1v) is 10.7. The van der Waals surface area contributed by atoms with Crippen molar-refractivity contribution in [3.63, 3.8) is 0 Å². The molecule has 0 aliphatic carbocycles. The third kappa shape index (κ3) is 4.53. The Labute approximate surface area is 186 Å². The predicted octanol–water partition coefficient (Wildman–Crippen LogP) is 5.91. The molecule has 0 fully saturated rings. The van der Waals surface area contributed by atoms with E-state index >= 15 is 0 Å². The molecular formula is C21H16Cl2N4O2S. The molecule has 6 nitrogen and oxygen atoms in total. The van der Waals surface area contributed by atoms with Crippen LogP contribution < -0.4 is 5.32 Å². The van der Waals surface area contributed by atoms with Crippen molar-refractivity contribution >= 4 is 57.5 Å². The molecular weight excluding hydrogens is 443 g/mol. The number of anilines is 1. The first-order valence-electron chi connectivity index (χ1n) is 8.95. The van der Waals surface area contributed by atoms with Gasteiger partial charge in [-0.2, -0.15) is 0 Å². The number of nitrogens with zero attached hydrogens (tertiary/aromatic N) is 3. The van der Waals surface area contributed by atoms with E-state index in [-0.39, 0.29) is 11.7 Å². The van der Waals surface area contributed by atoms with Crippen molar-refractivity contribution in [2.24, 2.45) is 0 Å². The Bertz CT molecular complexity index is 1220. The van der Waals surface area contributed by atoms with E-state index in [0.29, 0.717) is 44.6 Å². The maximum absolute atomic E-state index is 12.3. The normalized spacial score (nSPS) is 11.0. The number of nitrogens with one attached hydrogen (secondary N) is 1. The van der Waals surface area contributed by atoms with Gasteiger partial charge in [0.15, 0.2) is 10.9 Å². The summed E-state index contributed by atoms with van der Waals surface area (Å²) in [7, 11) is 0. The number of thioether (sulfide) groups is 1. The van der Waals surface area contributed by atoms with E-state index in [0.717, 1.165) is 5.39 Å². The highest BCUT2D eigenvalue weighted by molar-refractivity contribution is 7.99. The van der Waals surface area contributed by atoms with Crippen LogP contribution in [0.4, 0.5) is 5.69 Å². The number of hydrogen-bond donors (Lipinski definition) is 1. The smallest absolute Gasteiger partial charge is 0.234 e. The molecule has 152 valence electrons. The van der Waals surface area contributed by atoms with E-state index in [9.17, 15) is 4.79 Å². The molecule has 1 amide bonds. The van der Waals surface area contributed by atoms with Gasteiger partial charge < -0.3 is 9.73 Å². The van der Waals surface area contributed by atoms with E-state index in [1.165, 1.54) is 11.8 Å². The van der Waals surface area contributed by atoms with Crippen molar-refractivity contribution in [3.05, 3.63) is 71.2 Å². The van der Waals surface area contributed by atoms with Crippen LogP contribution in [0.5, 0.6) is 0 Å². The first kappa shape index (κ1) is 20.5. The van der Waals surface area contributed by atoms with E-state index in [2.05, 4.69) is 22.1 Å². The van der Waals surface area contributed by atoms with Crippen LogP contribution in [0.2, 0.25) is 10.0 Å². The molecule has 0 bridgehead atoms. The summed E-state index contributed by atoms with van der Waals surface area (Å²) in [5.74, 6) is 1.14. The van der Waals surface area contributed by atoms with Gasteiger partial charge in [0.05, 0.1) is 5.75 Å². The van der Waals surface area contributed by atoms with Crippen LogP contribution in [0.1, 0.15) is 0 Å². The molecule has 1 N–H and O–H groups in total. The van der Waals surface area contributed by atoms with Gasteiger partial charge in [-0.3, -0.25) is 9.36 Å². The molecule has 0 unspecified atom stereocenters. The zero-order valence-electron chi connectivity index (χ0n) is 15.6. The number of carbonyl (C=O) groups excluding carboxylic acids is 1. The molecule has 30 heavy (non-hydrogen) atoms. The van der Waals surface area contributed by atoms with Crippen molar-refractivity contribution in [2.75, 3.05) is 11.1 Å². The zero-order chi connectivity index (χ0) is 21.1. The summed E-state index contributed by atoms with van der Waals surface area (Å²) in [6.45, 7) is 4.27. The second-order valence-corrected chi connectivity index (χ2v) is 8.16. The van der Waals surface area contributed by atoms with Gasteiger partial charge in [-0.1, -0.05) is 41.0 Å². The maximum Gasteiger partial charge on any atom is 0.234 e. The van der Waals surface area contributed by atoms with Crippen molar-refractivity contribution in [3.8, 4) is 11.6 Å². The van der Waals surface area contributed by atoms with Crippen molar-refractivity contribution in [1.82, 2.24) is 14.8 Å². The minimum absolute atomic E-state index is 0.157. The maximum atomic E-state index is 12.3. The van der Waals surface area contributed by atoms with Crippen molar-refractivity contribution in [2.45, 2.75) is 11.7 Å². The van der Waals surface area contributed by atoms with Gasteiger partial charge in [-0.05, 0) is 48.5 Å². The Balaban J connectivity index is 1.52. The summed E-state index contributed by atoms with van der Waals surface area (Å²) in [6.07, 6.45) is 1.74. The number of hydrogen-bond acceptors (Lipinski definition) is 5. The number of fused-ring (bicyclic) bond motifs is 1. The quantitative estimate of drug-likeness (QED) is 0.275. The molecule has 0 radical (unpaired) electrons. The highest BCUT2D eigenvalue weighted by atomic mass is 35.5. The predicted molar refractivity (Wildman–Crippen MR) is 121 cm³/mol. The Kier molecular flexibility index (Phi) is 6.13. The van der Waals surface area contributed by atoms with E-state index in [1.807, 2.05) is 22.8 Å². The topological polar surface area (TPSA) is 73.0 Å². The minimum Gasteiger partial charge on any atom is -0.453 e. The highest BCUT2D eigenvalue weighted by Crippen LogP contribution is 2.30. The standard InChI is InChI=1S/C21H16Cl2N4O2S/c1-2-9-27-20(18-11-13-10-15(23)5-8-17(13)29-18)25-26-21(27)30-12-19(28)24-16-6-3-14(22)4-7-16/h2-8,10-11H,1,9,12H2,(H,24,28). The van der Waals surface area contributed by atoms with Crippen LogP contribution >= 0.6 is 35.0 Å². The lowest BCUT2D eigenvalue weighted by Gasteiger charge is -2.07. The number of allylic oxidation sites excluding steroid dienone is 1. The fourth-order valence-corrected chi connectivity index (χ4v) is 3.91. The first-order chi connectivity index (χ1) is 14.5. The molecule has 4 rings (SSSR count). The molecule has 0 saturated heterocycles. The van der Waals surface area contributed by atoms with Gasteiger partial charge in [0.2, 0.25) is 11.7 Å². The average molecular weight is 459 g/mol. The molecule has 9 heteroatoms. The third-order valence-electron chi connectivity index (χ3n) is 4.19. The van der Waals surface area contributed by atoms with Crippen molar-refractivity contribution in [1.29, 1.82) is 0 Å². The number of furan rings is 1. The van der Waals surface area contributed by atoms with E-state index < -0.39 is 0 Å². The third-order valence-corrected chi connectivity index (χ3v) is 5.64. The lowest BCUT2D eigenvalue weighted by atomic mass is 10.2. The summed E-state index contributed by atoms with van der Waals surface area (Å²) >= 11 is 13.2. The lowest BCUT2D eigenvalue weighted by molar-refractivity contribution is -0.113. The zero-order valence-corrected chi connectivity index (χ0v) is 18.0. The molecule has 4 aromatic rings. The van der Waals surface area contributed by atoms with Crippen LogP contribution in [-0.4, -0.2) is 26.4 Å².